The van der Waals surface area contributed by atoms with Crippen LogP contribution in [0, 0.1) is 0 Å². The summed E-state index contributed by atoms with van der Waals surface area (Å²) in [4.78, 5) is 18.9. The summed E-state index contributed by atoms with van der Waals surface area (Å²) in [6, 6.07) is 13.3. The first-order valence-electron chi connectivity index (χ1n) is 11.4. The number of aromatic amines is 1. The van der Waals surface area contributed by atoms with E-state index in [1.54, 1.807) is 0 Å². The largest absolute Gasteiger partial charge is 0.370 e. The van der Waals surface area contributed by atoms with Crippen molar-refractivity contribution < 1.29 is 9.53 Å². The zero-order valence-electron chi connectivity index (χ0n) is 18.5. The molecule has 2 heterocycles. The highest BCUT2D eigenvalue weighted by molar-refractivity contribution is 5.93. The van der Waals surface area contributed by atoms with E-state index >= 15 is 0 Å². The van der Waals surface area contributed by atoms with Crippen molar-refractivity contribution in [1.29, 1.82) is 0 Å². The van der Waals surface area contributed by atoms with E-state index < -0.39 is 0 Å². The zero-order chi connectivity index (χ0) is 21.1. The van der Waals surface area contributed by atoms with E-state index in [1.165, 1.54) is 12.0 Å². The first-order valence-corrected chi connectivity index (χ1v) is 11.4. The second-order valence-corrected chi connectivity index (χ2v) is 9.39. The molecule has 0 saturated heterocycles. The van der Waals surface area contributed by atoms with Crippen molar-refractivity contribution in [2.75, 3.05) is 6.54 Å². The number of rotatable bonds is 6. The van der Waals surface area contributed by atoms with Gasteiger partial charge in [-0.2, -0.15) is 0 Å². The van der Waals surface area contributed by atoms with Gasteiger partial charge in [0, 0.05) is 37.3 Å². The molecule has 5 nitrogen and oxygen atoms in total. The number of benzene rings is 1. The Morgan fingerprint density at radius 1 is 1.27 bits per heavy atom. The molecule has 30 heavy (non-hydrogen) atoms. The van der Waals surface area contributed by atoms with Gasteiger partial charge in [0.2, 0.25) is 0 Å². The van der Waals surface area contributed by atoms with Gasteiger partial charge in [-0.05, 0) is 63.6 Å². The zero-order valence-corrected chi connectivity index (χ0v) is 18.5. The minimum absolute atomic E-state index is 0.124. The van der Waals surface area contributed by atoms with Gasteiger partial charge in [0.1, 0.15) is 5.69 Å². The van der Waals surface area contributed by atoms with Crippen molar-refractivity contribution in [3.8, 4) is 0 Å². The minimum atomic E-state index is -0.177. The van der Waals surface area contributed by atoms with Gasteiger partial charge in [-0.3, -0.25) is 4.79 Å². The monoisotopic (exact) mass is 409 g/mol. The second kappa shape index (κ2) is 8.94. The predicted octanol–water partition coefficient (Wildman–Crippen LogP) is 4.43. The van der Waals surface area contributed by atoms with Gasteiger partial charge in [0.25, 0.3) is 5.91 Å². The van der Waals surface area contributed by atoms with Crippen LogP contribution in [0.25, 0.3) is 0 Å². The lowest BCUT2D eigenvalue weighted by Crippen LogP contribution is -2.46. The van der Waals surface area contributed by atoms with Crippen molar-refractivity contribution in [2.45, 2.75) is 83.7 Å². The van der Waals surface area contributed by atoms with Crippen molar-refractivity contribution in [3.05, 3.63) is 58.9 Å². The summed E-state index contributed by atoms with van der Waals surface area (Å²) in [7, 11) is 0. The molecule has 2 aliphatic rings. The highest BCUT2D eigenvalue weighted by Gasteiger charge is 2.32. The number of nitrogens with one attached hydrogen (secondary N) is 2. The van der Waals surface area contributed by atoms with E-state index in [0.717, 1.165) is 50.0 Å². The molecular weight excluding hydrogens is 374 g/mol. The smallest absolute Gasteiger partial charge is 0.270 e. The number of aromatic nitrogens is 1. The van der Waals surface area contributed by atoms with Crippen LogP contribution >= 0.6 is 0 Å². The molecule has 162 valence electrons. The van der Waals surface area contributed by atoms with Gasteiger partial charge < -0.3 is 19.9 Å². The highest BCUT2D eigenvalue weighted by atomic mass is 16.5. The van der Waals surface area contributed by atoms with Crippen molar-refractivity contribution in [1.82, 2.24) is 15.2 Å². The van der Waals surface area contributed by atoms with Gasteiger partial charge in [0.15, 0.2) is 0 Å². The highest BCUT2D eigenvalue weighted by Crippen LogP contribution is 2.29. The van der Waals surface area contributed by atoms with Crippen molar-refractivity contribution in [3.63, 3.8) is 0 Å². The molecule has 0 radical (unpaired) electrons. The fourth-order valence-electron chi connectivity index (χ4n) is 4.90. The molecule has 1 saturated carbocycles. The molecule has 2 N–H and O–H groups in total. The van der Waals surface area contributed by atoms with Crippen LogP contribution in [0.4, 0.5) is 0 Å². The standard InChI is InChI=1S/C25H35N3O2/c1-4-28(24(29)22-13-19-17-30-25(2,3)15-23(19)27-22)21-12-8-11-20(14-21)26-16-18-9-6-5-7-10-18/h5-7,9-10,13,20-21,26-27H,4,8,11-12,14-17H2,1-3H3/t20-,21+/m1/s1. The first-order chi connectivity index (χ1) is 14.4. The van der Waals surface area contributed by atoms with Gasteiger partial charge in [-0.25, -0.2) is 0 Å². The Morgan fingerprint density at radius 3 is 2.83 bits per heavy atom. The third-order valence-electron chi connectivity index (χ3n) is 6.57. The lowest BCUT2D eigenvalue weighted by Gasteiger charge is -2.37. The molecule has 4 rings (SSSR count). The number of H-pyrrole nitrogens is 1. The van der Waals surface area contributed by atoms with Crippen molar-refractivity contribution >= 4 is 5.91 Å². The number of carbonyl (C=O) groups excluding carboxylic acids is 1. The Balaban J connectivity index is 1.40. The summed E-state index contributed by atoms with van der Waals surface area (Å²) < 4.78 is 5.91. The number of hydrogen-bond donors (Lipinski definition) is 2. The Kier molecular flexibility index (Phi) is 6.30. The van der Waals surface area contributed by atoms with Gasteiger partial charge >= 0.3 is 0 Å². The minimum Gasteiger partial charge on any atom is -0.370 e. The van der Waals surface area contributed by atoms with E-state index in [0.29, 0.717) is 18.3 Å². The lowest BCUT2D eigenvalue weighted by molar-refractivity contribution is -0.0406. The maximum Gasteiger partial charge on any atom is 0.270 e. The summed E-state index contributed by atoms with van der Waals surface area (Å²) in [5, 5.41) is 3.71. The van der Waals surface area contributed by atoms with Crippen LogP contribution in [0.1, 0.15) is 73.8 Å². The first kappa shape index (κ1) is 21.1. The SMILES string of the molecule is CCN(C(=O)c1cc2c([nH]1)CC(C)(C)OC2)[C@H]1CCC[C@@H](NCc2ccccc2)C1. The van der Waals surface area contributed by atoms with E-state index in [-0.39, 0.29) is 17.6 Å². The topological polar surface area (TPSA) is 57.4 Å². The summed E-state index contributed by atoms with van der Waals surface area (Å²) in [6.45, 7) is 8.49. The second-order valence-electron chi connectivity index (χ2n) is 9.39. The summed E-state index contributed by atoms with van der Waals surface area (Å²) in [6.07, 6.45) is 5.25. The molecule has 1 fully saturated rings. The number of hydrogen-bond acceptors (Lipinski definition) is 3. The molecular formula is C25H35N3O2. The van der Waals surface area contributed by atoms with E-state index in [4.69, 9.17) is 4.74 Å². The van der Waals surface area contributed by atoms with E-state index in [9.17, 15) is 4.79 Å². The molecule has 0 bridgehead atoms. The molecule has 0 spiro atoms. The maximum absolute atomic E-state index is 13.4. The molecule has 1 aliphatic heterocycles. The number of ether oxygens (including phenoxy) is 1. The average molecular weight is 410 g/mol. The Bertz CT molecular complexity index is 859. The average Bonchev–Trinajstić information content (AvgIpc) is 3.16. The Hall–Kier alpha value is -2.11. The summed E-state index contributed by atoms with van der Waals surface area (Å²) in [5.74, 6) is 0.124. The van der Waals surface area contributed by atoms with Crippen LogP contribution in [0.2, 0.25) is 0 Å². The van der Waals surface area contributed by atoms with Crippen LogP contribution in [0.5, 0.6) is 0 Å². The van der Waals surface area contributed by atoms with E-state index in [1.807, 2.05) is 6.07 Å². The van der Waals surface area contributed by atoms with Gasteiger partial charge in [-0.1, -0.05) is 30.3 Å². The molecule has 1 aromatic heterocycles. The molecule has 1 amide bonds. The van der Waals surface area contributed by atoms with Crippen LogP contribution in [-0.4, -0.2) is 40.0 Å². The van der Waals surface area contributed by atoms with Crippen molar-refractivity contribution in [2.24, 2.45) is 0 Å². The molecule has 1 aromatic carbocycles. The Morgan fingerprint density at radius 2 is 2.07 bits per heavy atom. The molecule has 2 atom stereocenters. The molecule has 0 unspecified atom stereocenters. The summed E-state index contributed by atoms with van der Waals surface area (Å²) in [5.41, 5.74) is 4.12. The maximum atomic E-state index is 13.4. The third kappa shape index (κ3) is 4.79. The third-order valence-corrected chi connectivity index (χ3v) is 6.57. The quantitative estimate of drug-likeness (QED) is 0.742. The number of carbonyl (C=O) groups is 1. The number of amides is 1. The van der Waals surface area contributed by atoms with E-state index in [2.05, 4.69) is 66.3 Å². The van der Waals surface area contributed by atoms with Crippen LogP contribution in [0.15, 0.2) is 36.4 Å². The van der Waals surface area contributed by atoms with Gasteiger partial charge in [0.05, 0.1) is 12.2 Å². The normalized spacial score (nSPS) is 23.0. The molecule has 2 aromatic rings. The Labute approximate surface area is 180 Å². The van der Waals surface area contributed by atoms with Crippen LogP contribution in [-0.2, 0) is 24.3 Å². The lowest BCUT2D eigenvalue weighted by atomic mass is 9.89. The fraction of sp³-hybridized carbons (Fsp3) is 0.560. The molecule has 5 heteroatoms. The van der Waals surface area contributed by atoms with Crippen LogP contribution in [0.3, 0.4) is 0 Å². The van der Waals surface area contributed by atoms with Crippen LogP contribution < -0.4 is 5.32 Å². The fourth-order valence-corrected chi connectivity index (χ4v) is 4.90. The number of nitrogens with zero attached hydrogens (tertiary/aromatic N) is 1. The predicted molar refractivity (Wildman–Crippen MR) is 119 cm³/mol. The molecule has 1 aliphatic carbocycles. The summed E-state index contributed by atoms with van der Waals surface area (Å²) >= 11 is 0. The van der Waals surface area contributed by atoms with Gasteiger partial charge in [-0.15, -0.1) is 0 Å². The number of fused-ring (bicyclic) bond motifs is 1.